The molecule has 0 unspecified atom stereocenters. The van der Waals surface area contributed by atoms with E-state index in [1.54, 1.807) is 0 Å². The Morgan fingerprint density at radius 1 is 1.00 bits per heavy atom. The molecule has 0 atom stereocenters. The van der Waals surface area contributed by atoms with Crippen LogP contribution in [0.2, 0.25) is 10.0 Å². The van der Waals surface area contributed by atoms with Crippen LogP contribution in [0.1, 0.15) is 16.7 Å². The summed E-state index contributed by atoms with van der Waals surface area (Å²) in [5.41, 5.74) is 1.94. The van der Waals surface area contributed by atoms with Gasteiger partial charge in [-0.1, -0.05) is 59.1 Å². The van der Waals surface area contributed by atoms with Crippen molar-refractivity contribution in [2.24, 2.45) is 0 Å². The van der Waals surface area contributed by atoms with E-state index in [1.165, 1.54) is 42.5 Å². The second-order valence-electron chi connectivity index (χ2n) is 7.19. The van der Waals surface area contributed by atoms with Gasteiger partial charge in [0.1, 0.15) is 5.82 Å². The van der Waals surface area contributed by atoms with Crippen LogP contribution in [0.15, 0.2) is 71.6 Å². The zero-order valence-corrected chi connectivity index (χ0v) is 19.5. The normalized spacial score (nSPS) is 11.5. The van der Waals surface area contributed by atoms with Gasteiger partial charge in [-0.15, -0.1) is 0 Å². The van der Waals surface area contributed by atoms with E-state index in [-0.39, 0.29) is 22.0 Å². The van der Waals surface area contributed by atoms with Gasteiger partial charge in [0.05, 0.1) is 11.4 Å². The first kappa shape index (κ1) is 24.2. The Labute approximate surface area is 196 Å². The number of sulfonamides is 1. The molecule has 0 heterocycles. The molecule has 3 aromatic carbocycles. The molecule has 0 saturated carbocycles. The van der Waals surface area contributed by atoms with Crippen LogP contribution >= 0.6 is 23.2 Å². The number of nitrogens with one attached hydrogen (secondary N) is 1. The second-order valence-corrected chi connectivity index (χ2v) is 9.97. The van der Waals surface area contributed by atoms with Gasteiger partial charge in [-0.05, 0) is 48.9 Å². The number of hydrogen-bond donors (Lipinski definition) is 1. The summed E-state index contributed by atoms with van der Waals surface area (Å²) in [4.78, 5) is 12.6. The molecule has 5 nitrogen and oxygen atoms in total. The summed E-state index contributed by atoms with van der Waals surface area (Å²) < 4.78 is 41.8. The van der Waals surface area contributed by atoms with Crippen LogP contribution in [0.4, 0.5) is 4.39 Å². The van der Waals surface area contributed by atoms with Crippen LogP contribution in [-0.2, 0) is 27.9 Å². The minimum absolute atomic E-state index is 0.0157. The SMILES string of the molecule is Cc1ccc(CNC(=O)CN(Cc2c(F)cccc2Cl)S(=O)(=O)c2ccc(Cl)cc2)cc1. The topological polar surface area (TPSA) is 66.5 Å². The number of carbonyl (C=O) groups excluding carboxylic acids is 1. The van der Waals surface area contributed by atoms with Gasteiger partial charge in [0.15, 0.2) is 0 Å². The molecular formula is C23H21Cl2FN2O3S. The summed E-state index contributed by atoms with van der Waals surface area (Å²) in [6.45, 7) is 1.26. The van der Waals surface area contributed by atoms with Crippen molar-refractivity contribution in [3.05, 3.63) is 99.3 Å². The third kappa shape index (κ3) is 6.07. The van der Waals surface area contributed by atoms with Crippen LogP contribution in [0, 0.1) is 12.7 Å². The molecular weight excluding hydrogens is 474 g/mol. The number of aryl methyl sites for hydroxylation is 1. The van der Waals surface area contributed by atoms with E-state index in [0.717, 1.165) is 15.4 Å². The molecule has 0 aliphatic rings. The number of rotatable bonds is 8. The van der Waals surface area contributed by atoms with Crippen LogP contribution in [-0.4, -0.2) is 25.2 Å². The monoisotopic (exact) mass is 494 g/mol. The van der Waals surface area contributed by atoms with Gasteiger partial charge in [-0.2, -0.15) is 4.31 Å². The highest BCUT2D eigenvalue weighted by molar-refractivity contribution is 7.89. The number of hydrogen-bond acceptors (Lipinski definition) is 3. The Bertz CT molecular complexity index is 1180. The molecule has 0 saturated heterocycles. The van der Waals surface area contributed by atoms with E-state index in [4.69, 9.17) is 23.2 Å². The van der Waals surface area contributed by atoms with E-state index in [0.29, 0.717) is 5.02 Å². The van der Waals surface area contributed by atoms with E-state index in [1.807, 2.05) is 31.2 Å². The standard InChI is InChI=1S/C23H21Cl2FN2O3S/c1-16-5-7-17(8-6-16)13-27-23(29)15-28(14-20-21(25)3-2-4-22(20)26)32(30,31)19-11-9-18(24)10-12-19/h2-12H,13-15H2,1H3,(H,27,29). The smallest absolute Gasteiger partial charge is 0.243 e. The fourth-order valence-corrected chi connectivity index (χ4v) is 4.68. The third-order valence-corrected chi connectivity index (χ3v) is 7.19. The highest BCUT2D eigenvalue weighted by atomic mass is 35.5. The van der Waals surface area contributed by atoms with Gasteiger partial charge in [0.25, 0.3) is 0 Å². The predicted molar refractivity (Wildman–Crippen MR) is 123 cm³/mol. The van der Waals surface area contributed by atoms with Crippen molar-refractivity contribution >= 4 is 39.1 Å². The lowest BCUT2D eigenvalue weighted by Crippen LogP contribution is -2.40. The molecule has 9 heteroatoms. The van der Waals surface area contributed by atoms with Crippen molar-refractivity contribution in [1.29, 1.82) is 0 Å². The first-order chi connectivity index (χ1) is 15.2. The van der Waals surface area contributed by atoms with Crippen molar-refractivity contribution < 1.29 is 17.6 Å². The van der Waals surface area contributed by atoms with E-state index < -0.39 is 34.8 Å². The molecule has 0 aromatic heterocycles. The van der Waals surface area contributed by atoms with Crippen molar-refractivity contribution in [3.8, 4) is 0 Å². The van der Waals surface area contributed by atoms with Gasteiger partial charge in [0.2, 0.25) is 15.9 Å². The lowest BCUT2D eigenvalue weighted by Gasteiger charge is -2.23. The third-order valence-electron chi connectivity index (χ3n) is 4.78. The van der Waals surface area contributed by atoms with Gasteiger partial charge in [0, 0.05) is 28.7 Å². The lowest BCUT2D eigenvalue weighted by atomic mass is 10.1. The van der Waals surface area contributed by atoms with Crippen LogP contribution in [0.25, 0.3) is 0 Å². The summed E-state index contributed by atoms with van der Waals surface area (Å²) in [6, 6.07) is 17.2. The minimum atomic E-state index is -4.14. The Morgan fingerprint density at radius 2 is 1.66 bits per heavy atom. The average molecular weight is 495 g/mol. The number of nitrogens with zero attached hydrogens (tertiary/aromatic N) is 1. The average Bonchev–Trinajstić information content (AvgIpc) is 2.75. The first-order valence-corrected chi connectivity index (χ1v) is 11.9. The Morgan fingerprint density at radius 3 is 2.28 bits per heavy atom. The van der Waals surface area contributed by atoms with E-state index in [9.17, 15) is 17.6 Å². The number of amides is 1. The maximum atomic E-state index is 14.4. The molecule has 0 radical (unpaired) electrons. The molecule has 0 spiro atoms. The molecule has 0 fully saturated rings. The van der Waals surface area contributed by atoms with E-state index >= 15 is 0 Å². The van der Waals surface area contributed by atoms with Gasteiger partial charge in [-0.25, -0.2) is 12.8 Å². The molecule has 0 bridgehead atoms. The van der Waals surface area contributed by atoms with Crippen LogP contribution < -0.4 is 5.32 Å². The molecule has 168 valence electrons. The Hall–Kier alpha value is -2.45. The Kier molecular flexibility index (Phi) is 7.90. The molecule has 1 N–H and O–H groups in total. The van der Waals surface area contributed by atoms with Gasteiger partial charge < -0.3 is 5.32 Å². The minimum Gasteiger partial charge on any atom is -0.351 e. The lowest BCUT2D eigenvalue weighted by molar-refractivity contribution is -0.121. The quantitative estimate of drug-likeness (QED) is 0.481. The van der Waals surface area contributed by atoms with Crippen molar-refractivity contribution in [1.82, 2.24) is 9.62 Å². The summed E-state index contributed by atoms with van der Waals surface area (Å²) in [5, 5.41) is 3.14. The highest BCUT2D eigenvalue weighted by Gasteiger charge is 2.28. The maximum Gasteiger partial charge on any atom is 0.243 e. The molecule has 3 rings (SSSR count). The number of benzene rings is 3. The molecule has 3 aromatic rings. The summed E-state index contributed by atoms with van der Waals surface area (Å²) in [7, 11) is -4.14. The molecule has 1 amide bonds. The maximum absolute atomic E-state index is 14.4. The predicted octanol–water partition coefficient (Wildman–Crippen LogP) is 4.95. The fraction of sp³-hybridized carbons (Fsp3) is 0.174. The summed E-state index contributed by atoms with van der Waals surface area (Å²) in [5.74, 6) is -1.19. The van der Waals surface area contributed by atoms with Gasteiger partial charge in [-0.3, -0.25) is 4.79 Å². The first-order valence-electron chi connectivity index (χ1n) is 9.67. The van der Waals surface area contributed by atoms with Gasteiger partial charge >= 0.3 is 0 Å². The molecule has 0 aliphatic heterocycles. The second kappa shape index (κ2) is 10.4. The summed E-state index contributed by atoms with van der Waals surface area (Å²) in [6.07, 6.45) is 0. The largest absolute Gasteiger partial charge is 0.351 e. The number of carbonyl (C=O) groups is 1. The van der Waals surface area contributed by atoms with E-state index in [2.05, 4.69) is 5.32 Å². The van der Waals surface area contributed by atoms with Crippen LogP contribution in [0.3, 0.4) is 0 Å². The Balaban J connectivity index is 1.85. The zero-order chi connectivity index (χ0) is 23.3. The van der Waals surface area contributed by atoms with Crippen molar-refractivity contribution in [3.63, 3.8) is 0 Å². The van der Waals surface area contributed by atoms with Crippen LogP contribution in [0.5, 0.6) is 0 Å². The number of halogens is 3. The molecule has 0 aliphatic carbocycles. The summed E-state index contributed by atoms with van der Waals surface area (Å²) >= 11 is 12.0. The van der Waals surface area contributed by atoms with Crippen molar-refractivity contribution in [2.75, 3.05) is 6.54 Å². The fourth-order valence-electron chi connectivity index (χ4n) is 2.96. The zero-order valence-electron chi connectivity index (χ0n) is 17.2. The van der Waals surface area contributed by atoms with Crippen molar-refractivity contribution in [2.45, 2.75) is 24.9 Å². The highest BCUT2D eigenvalue weighted by Crippen LogP contribution is 2.25. The molecule has 32 heavy (non-hydrogen) atoms.